The third kappa shape index (κ3) is 5.56. The van der Waals surface area contributed by atoms with Gasteiger partial charge in [0.15, 0.2) is 19.9 Å². The average molecular weight is 773 g/mol. The van der Waals surface area contributed by atoms with Gasteiger partial charge >= 0.3 is 5.97 Å². The lowest BCUT2D eigenvalue weighted by Gasteiger charge is -2.51. The first-order valence-electron chi connectivity index (χ1n) is 16.8. The van der Waals surface area contributed by atoms with Crippen molar-refractivity contribution in [2.75, 3.05) is 0 Å². The van der Waals surface area contributed by atoms with Gasteiger partial charge in [0.25, 0.3) is 0 Å². The fourth-order valence-corrected chi connectivity index (χ4v) is 11.5. The summed E-state index contributed by atoms with van der Waals surface area (Å²) in [4.78, 5) is 26.5. The summed E-state index contributed by atoms with van der Waals surface area (Å²) in [6, 6.07) is 5.74. The van der Waals surface area contributed by atoms with Crippen LogP contribution in [0.1, 0.15) is 95.1 Å². The minimum absolute atomic E-state index is 0.0381. The van der Waals surface area contributed by atoms with E-state index in [9.17, 15) is 9.59 Å². The molecule has 1 aromatic carbocycles. The number of cyclic esters (lactones) is 1. The molecule has 1 spiro atoms. The Morgan fingerprint density at radius 1 is 1.13 bits per heavy atom. The van der Waals surface area contributed by atoms with Gasteiger partial charge in [-0.2, -0.15) is 0 Å². The number of fused-ring (bicyclic) bond motifs is 3. The lowest BCUT2D eigenvalue weighted by molar-refractivity contribution is -0.202. The van der Waals surface area contributed by atoms with Crippen molar-refractivity contribution >= 4 is 59.2 Å². The number of allylic oxidation sites excluding steroid dienone is 1. The third-order valence-corrected chi connectivity index (χ3v) is 18.1. The number of rotatable bonds is 8. The minimum atomic E-state index is -2.39. The summed E-state index contributed by atoms with van der Waals surface area (Å²) in [5, 5.41) is -0.109. The van der Waals surface area contributed by atoms with Gasteiger partial charge in [-0.15, -0.1) is 23.2 Å². The van der Waals surface area contributed by atoms with Gasteiger partial charge in [0.2, 0.25) is 0 Å². The van der Waals surface area contributed by atoms with Crippen molar-refractivity contribution in [1.82, 2.24) is 0 Å². The zero-order valence-corrected chi connectivity index (χ0v) is 33.2. The number of Topliss-reactive ketones (excluding diaryl/α,β-unsaturated/α-hetero) is 1. The van der Waals surface area contributed by atoms with E-state index in [1.165, 1.54) is 0 Å². The molecule has 5 aliphatic rings. The Morgan fingerprint density at radius 2 is 1.81 bits per heavy atom. The Bertz CT molecular complexity index is 1490. The number of ether oxygens (including phenoxy) is 4. The number of esters is 1. The largest absolute Gasteiger partial charge is 0.459 e. The SMILES string of the molecule is Cc1c(C(=O)C2=CC[C@@H](Br)[C@]34O[C@H](C[C@]23C)[C@H]2OC(C)(C)O[C@H]24)cccc1[C@H](C(Cl)Cl)[C@H](O[Si](C)(C)C(C)(C)C)[C@H]1C[C@H](C)C(=O)O1. The van der Waals surface area contributed by atoms with Crippen molar-refractivity contribution in [2.45, 2.75) is 150 Å². The van der Waals surface area contributed by atoms with Crippen LogP contribution >= 0.6 is 39.1 Å². The van der Waals surface area contributed by atoms with Gasteiger partial charge in [-0.1, -0.05) is 74.8 Å². The molecule has 0 unspecified atom stereocenters. The van der Waals surface area contributed by atoms with Crippen LogP contribution in [0.5, 0.6) is 0 Å². The molecule has 0 saturated carbocycles. The summed E-state index contributed by atoms with van der Waals surface area (Å²) in [6.07, 6.45) is 2.13. The second-order valence-corrected chi connectivity index (χ2v) is 23.5. The molecule has 11 heteroatoms. The van der Waals surface area contributed by atoms with E-state index in [-0.39, 0.29) is 45.8 Å². The first kappa shape index (κ1) is 36.0. The summed E-state index contributed by atoms with van der Waals surface area (Å²) in [6.45, 7) is 20.7. The standard InChI is InChI=1S/C36H49BrCl2O7Si/c1-18-16-23(42-32(18)41)28(46-47(9,10)33(3,4)5)26(31(38)39)20-12-11-13-21(19(20)2)27(40)22-14-15-25(37)36-30-29(44-34(6,7)45-30)24(43-36)17-35(22,36)8/h11-14,18,23-26,28-31H,15-17H2,1-10H3/t18-,23+,24+,25+,26-,28+,29+,30+,35+,36+/m0/s1. The normalized spacial score (nSPS) is 37.4. The first-order valence-corrected chi connectivity index (χ1v) is 21.5. The molecule has 10 atom stereocenters. The molecule has 4 fully saturated rings. The second-order valence-electron chi connectivity index (χ2n) is 16.5. The van der Waals surface area contributed by atoms with Crippen LogP contribution in [0.2, 0.25) is 18.1 Å². The minimum Gasteiger partial charge on any atom is -0.459 e. The zero-order chi connectivity index (χ0) is 34.6. The number of benzene rings is 1. The van der Waals surface area contributed by atoms with Crippen molar-refractivity contribution in [3.63, 3.8) is 0 Å². The van der Waals surface area contributed by atoms with Gasteiger partial charge < -0.3 is 23.4 Å². The van der Waals surface area contributed by atoms with E-state index in [0.717, 1.165) is 16.7 Å². The van der Waals surface area contributed by atoms with Gasteiger partial charge in [0.1, 0.15) is 28.7 Å². The monoisotopic (exact) mass is 770 g/mol. The van der Waals surface area contributed by atoms with Crippen LogP contribution in [0, 0.1) is 18.3 Å². The summed E-state index contributed by atoms with van der Waals surface area (Å²) < 4.78 is 32.6. The maximum Gasteiger partial charge on any atom is 0.309 e. The number of carbonyl (C=O) groups excluding carboxylic acids is 2. The van der Waals surface area contributed by atoms with Crippen LogP contribution in [-0.4, -0.2) is 71.6 Å². The Labute approximate surface area is 299 Å². The van der Waals surface area contributed by atoms with Crippen LogP contribution < -0.4 is 0 Å². The molecule has 4 aliphatic heterocycles. The van der Waals surface area contributed by atoms with Crippen LogP contribution in [0.25, 0.3) is 0 Å². The van der Waals surface area contributed by atoms with Crippen LogP contribution in [-0.2, 0) is 28.2 Å². The van der Waals surface area contributed by atoms with Gasteiger partial charge in [-0.05, 0) is 69.3 Å². The summed E-state index contributed by atoms with van der Waals surface area (Å²) >= 11 is 17.7. The average Bonchev–Trinajstić information content (AvgIpc) is 3.65. The molecule has 4 heterocycles. The van der Waals surface area contributed by atoms with Crippen molar-refractivity contribution < 1.29 is 33.0 Å². The van der Waals surface area contributed by atoms with Gasteiger partial charge in [-0.25, -0.2) is 0 Å². The van der Waals surface area contributed by atoms with Gasteiger partial charge in [0, 0.05) is 22.5 Å². The van der Waals surface area contributed by atoms with Crippen molar-refractivity contribution in [2.24, 2.45) is 11.3 Å². The molecule has 1 aromatic rings. The Morgan fingerprint density at radius 3 is 2.40 bits per heavy atom. The molecule has 6 rings (SSSR count). The van der Waals surface area contributed by atoms with E-state index in [0.29, 0.717) is 24.8 Å². The smallest absolute Gasteiger partial charge is 0.309 e. The fraction of sp³-hybridized carbons (Fsp3) is 0.722. The molecule has 47 heavy (non-hydrogen) atoms. The van der Waals surface area contributed by atoms with Gasteiger partial charge in [-0.3, -0.25) is 9.59 Å². The molecule has 7 nitrogen and oxygen atoms in total. The number of halogens is 3. The van der Waals surface area contributed by atoms with E-state index in [2.05, 4.69) is 62.8 Å². The molecular weight excluding hydrogens is 723 g/mol. The topological polar surface area (TPSA) is 80.3 Å². The Hall–Kier alpha value is -0.783. The lowest BCUT2D eigenvalue weighted by Crippen LogP contribution is -2.63. The molecular formula is C36H49BrCl2O7Si. The molecule has 0 aromatic heterocycles. The van der Waals surface area contributed by atoms with Crippen molar-refractivity contribution in [1.29, 1.82) is 0 Å². The van der Waals surface area contributed by atoms with E-state index in [1.807, 2.05) is 45.9 Å². The predicted octanol–water partition coefficient (Wildman–Crippen LogP) is 8.57. The lowest BCUT2D eigenvalue weighted by atomic mass is 9.56. The maximum atomic E-state index is 14.8. The number of ketones is 1. The molecule has 260 valence electrons. The van der Waals surface area contributed by atoms with Crippen LogP contribution in [0.4, 0.5) is 0 Å². The highest BCUT2D eigenvalue weighted by atomic mass is 79.9. The molecule has 0 amide bonds. The summed E-state index contributed by atoms with van der Waals surface area (Å²) in [5.74, 6) is -1.81. The van der Waals surface area contributed by atoms with Crippen molar-refractivity contribution in [3.8, 4) is 0 Å². The first-order chi connectivity index (χ1) is 21.6. The molecule has 4 saturated heterocycles. The van der Waals surface area contributed by atoms with Crippen LogP contribution in [0.3, 0.4) is 0 Å². The number of alkyl halides is 3. The molecule has 1 aliphatic carbocycles. The van der Waals surface area contributed by atoms with Gasteiger partial charge in [0.05, 0.1) is 23.0 Å². The zero-order valence-electron chi connectivity index (χ0n) is 29.1. The van der Waals surface area contributed by atoms with E-state index < -0.39 is 48.1 Å². The molecule has 0 radical (unpaired) electrons. The highest BCUT2D eigenvalue weighted by molar-refractivity contribution is 9.09. The predicted molar refractivity (Wildman–Crippen MR) is 189 cm³/mol. The highest BCUT2D eigenvalue weighted by Gasteiger charge is 2.78. The molecule has 0 N–H and O–H groups in total. The van der Waals surface area contributed by atoms with Crippen LogP contribution in [0.15, 0.2) is 29.8 Å². The summed E-state index contributed by atoms with van der Waals surface area (Å²) in [7, 11) is -2.39. The Balaban J connectivity index is 1.39. The van der Waals surface area contributed by atoms with Crippen molar-refractivity contribution in [3.05, 3.63) is 46.5 Å². The number of hydrogen-bond donors (Lipinski definition) is 0. The third-order valence-electron chi connectivity index (χ3n) is 12.0. The second kappa shape index (κ2) is 11.9. The van der Waals surface area contributed by atoms with E-state index >= 15 is 0 Å². The highest BCUT2D eigenvalue weighted by Crippen LogP contribution is 2.67. The fourth-order valence-electron chi connectivity index (χ4n) is 8.54. The molecule has 2 bridgehead atoms. The van der Waals surface area contributed by atoms with E-state index in [1.54, 1.807) is 0 Å². The van der Waals surface area contributed by atoms with E-state index in [4.69, 9.17) is 46.6 Å². The Kier molecular flexibility index (Phi) is 9.12. The quantitative estimate of drug-likeness (QED) is 0.113. The number of carbonyl (C=O) groups is 2. The number of hydrogen-bond acceptors (Lipinski definition) is 7. The summed E-state index contributed by atoms with van der Waals surface area (Å²) in [5.41, 5.74) is 1.59. The maximum absolute atomic E-state index is 14.8.